The van der Waals surface area contributed by atoms with E-state index in [2.05, 4.69) is 4.99 Å². The number of carbonyl (C=O) groups is 1. The quantitative estimate of drug-likeness (QED) is 0.610. The number of nitrogens with zero attached hydrogens (tertiary/aromatic N) is 2. The highest BCUT2D eigenvalue weighted by atomic mass is 32.2. The van der Waals surface area contributed by atoms with Crippen molar-refractivity contribution in [1.82, 2.24) is 4.90 Å². The zero-order chi connectivity index (χ0) is 19.3. The van der Waals surface area contributed by atoms with Crippen molar-refractivity contribution in [3.05, 3.63) is 95.8 Å². The third-order valence-corrected chi connectivity index (χ3v) is 5.63. The third kappa shape index (κ3) is 4.15. The van der Waals surface area contributed by atoms with Gasteiger partial charge in [0.25, 0.3) is 5.91 Å². The van der Waals surface area contributed by atoms with Crippen molar-refractivity contribution in [2.45, 2.75) is 5.75 Å². The van der Waals surface area contributed by atoms with E-state index in [1.807, 2.05) is 60.7 Å². The Kier molecular flexibility index (Phi) is 5.53. The summed E-state index contributed by atoms with van der Waals surface area (Å²) in [5.41, 5.74) is 3.71. The van der Waals surface area contributed by atoms with Gasteiger partial charge >= 0.3 is 0 Å². The van der Waals surface area contributed by atoms with Gasteiger partial charge in [-0.2, -0.15) is 0 Å². The van der Waals surface area contributed by atoms with E-state index in [4.69, 9.17) is 0 Å². The molecule has 140 valence electrons. The molecule has 0 N–H and O–H groups in total. The molecular formula is C23H19FN2OS. The Bertz CT molecular complexity index is 1000. The predicted molar refractivity (Wildman–Crippen MR) is 113 cm³/mol. The number of halogens is 1. The summed E-state index contributed by atoms with van der Waals surface area (Å²) in [6.07, 6.45) is 0. The van der Waals surface area contributed by atoms with E-state index < -0.39 is 0 Å². The Hall–Kier alpha value is -2.92. The first-order valence-electron chi connectivity index (χ1n) is 9.10. The van der Waals surface area contributed by atoms with Crippen LogP contribution in [0.2, 0.25) is 0 Å². The highest BCUT2D eigenvalue weighted by Gasteiger charge is 2.25. The standard InChI is InChI=1S/C23H19FN2OS/c24-21-8-4-5-17(15-21)16-28-23-25-13-14-26(23)22(27)20-11-9-19(10-12-20)18-6-2-1-3-7-18/h1-12,15H,13-14,16H2. The molecule has 0 fully saturated rings. The van der Waals surface area contributed by atoms with Crippen LogP contribution >= 0.6 is 11.8 Å². The molecule has 0 spiro atoms. The molecular weight excluding hydrogens is 371 g/mol. The number of amidine groups is 1. The summed E-state index contributed by atoms with van der Waals surface area (Å²) >= 11 is 1.47. The van der Waals surface area contributed by atoms with Gasteiger partial charge in [-0.25, -0.2) is 4.39 Å². The van der Waals surface area contributed by atoms with Crippen LogP contribution in [0.3, 0.4) is 0 Å². The molecule has 0 radical (unpaired) electrons. The number of thioether (sulfide) groups is 1. The maximum Gasteiger partial charge on any atom is 0.259 e. The third-order valence-electron chi connectivity index (χ3n) is 4.54. The lowest BCUT2D eigenvalue weighted by atomic mass is 10.0. The smallest absolute Gasteiger partial charge is 0.259 e. The highest BCUT2D eigenvalue weighted by molar-refractivity contribution is 8.13. The van der Waals surface area contributed by atoms with Gasteiger partial charge in [0.05, 0.1) is 6.54 Å². The van der Waals surface area contributed by atoms with Gasteiger partial charge in [-0.3, -0.25) is 14.7 Å². The summed E-state index contributed by atoms with van der Waals surface area (Å²) in [5, 5.41) is 0.696. The summed E-state index contributed by atoms with van der Waals surface area (Å²) < 4.78 is 13.3. The van der Waals surface area contributed by atoms with Crippen molar-refractivity contribution < 1.29 is 9.18 Å². The van der Waals surface area contributed by atoms with Gasteiger partial charge < -0.3 is 0 Å². The molecule has 3 nitrogen and oxygen atoms in total. The van der Waals surface area contributed by atoms with Crippen molar-refractivity contribution >= 4 is 22.8 Å². The van der Waals surface area contributed by atoms with Gasteiger partial charge in [-0.15, -0.1) is 0 Å². The maximum atomic E-state index is 13.3. The van der Waals surface area contributed by atoms with Gasteiger partial charge in [0.2, 0.25) is 0 Å². The number of benzene rings is 3. The lowest BCUT2D eigenvalue weighted by Gasteiger charge is -2.18. The molecule has 1 aliphatic rings. The molecule has 0 bridgehead atoms. The topological polar surface area (TPSA) is 32.7 Å². The molecule has 4 rings (SSSR count). The Labute approximate surface area is 167 Å². The predicted octanol–water partition coefficient (Wildman–Crippen LogP) is 5.24. The van der Waals surface area contributed by atoms with E-state index in [-0.39, 0.29) is 11.7 Å². The summed E-state index contributed by atoms with van der Waals surface area (Å²) in [6.45, 7) is 1.17. The summed E-state index contributed by atoms with van der Waals surface area (Å²) in [4.78, 5) is 19.1. The van der Waals surface area contributed by atoms with E-state index >= 15 is 0 Å². The first-order chi connectivity index (χ1) is 13.7. The Morgan fingerprint density at radius 3 is 2.46 bits per heavy atom. The Balaban J connectivity index is 1.44. The SMILES string of the molecule is O=C(c1ccc(-c2ccccc2)cc1)N1CCN=C1SCc1cccc(F)c1. The lowest BCUT2D eigenvalue weighted by Crippen LogP contribution is -2.32. The van der Waals surface area contributed by atoms with Crippen LogP contribution in [0.1, 0.15) is 15.9 Å². The van der Waals surface area contributed by atoms with Crippen LogP contribution in [0.25, 0.3) is 11.1 Å². The Morgan fingerprint density at radius 1 is 0.964 bits per heavy atom. The fourth-order valence-electron chi connectivity index (χ4n) is 3.10. The second-order valence-corrected chi connectivity index (χ2v) is 7.43. The van der Waals surface area contributed by atoms with Gasteiger partial charge in [-0.05, 0) is 41.0 Å². The largest absolute Gasteiger partial charge is 0.286 e. The van der Waals surface area contributed by atoms with Crippen LogP contribution in [0.5, 0.6) is 0 Å². The monoisotopic (exact) mass is 390 g/mol. The number of hydrogen-bond acceptors (Lipinski definition) is 3. The van der Waals surface area contributed by atoms with Gasteiger partial charge in [0, 0.05) is 17.9 Å². The summed E-state index contributed by atoms with van der Waals surface area (Å²) in [7, 11) is 0. The molecule has 5 heteroatoms. The van der Waals surface area contributed by atoms with Crippen LogP contribution < -0.4 is 0 Å². The summed E-state index contributed by atoms with van der Waals surface area (Å²) in [5.74, 6) is 0.272. The second-order valence-electron chi connectivity index (χ2n) is 6.48. The molecule has 0 aromatic heterocycles. The molecule has 28 heavy (non-hydrogen) atoms. The van der Waals surface area contributed by atoms with Crippen molar-refractivity contribution in [1.29, 1.82) is 0 Å². The lowest BCUT2D eigenvalue weighted by molar-refractivity contribution is 0.0860. The van der Waals surface area contributed by atoms with E-state index in [1.165, 1.54) is 23.9 Å². The maximum absolute atomic E-state index is 13.3. The molecule has 1 heterocycles. The van der Waals surface area contributed by atoms with Gasteiger partial charge in [0.15, 0.2) is 5.17 Å². The van der Waals surface area contributed by atoms with Crippen molar-refractivity contribution in [3.8, 4) is 11.1 Å². The number of carbonyl (C=O) groups excluding carboxylic acids is 1. The van der Waals surface area contributed by atoms with Crippen LogP contribution in [0.4, 0.5) is 4.39 Å². The normalized spacial score (nSPS) is 13.5. The molecule has 0 saturated carbocycles. The molecule has 0 saturated heterocycles. The number of amides is 1. The van der Waals surface area contributed by atoms with Crippen LogP contribution in [0, 0.1) is 5.82 Å². The molecule has 0 aliphatic carbocycles. The van der Waals surface area contributed by atoms with E-state index in [1.54, 1.807) is 11.0 Å². The number of rotatable bonds is 4. The van der Waals surface area contributed by atoms with E-state index in [0.717, 1.165) is 16.7 Å². The minimum Gasteiger partial charge on any atom is -0.286 e. The highest BCUT2D eigenvalue weighted by Crippen LogP contribution is 2.23. The zero-order valence-electron chi connectivity index (χ0n) is 15.2. The zero-order valence-corrected chi connectivity index (χ0v) is 16.0. The molecule has 1 amide bonds. The minimum atomic E-state index is -0.252. The van der Waals surface area contributed by atoms with E-state index in [9.17, 15) is 9.18 Å². The molecule has 3 aromatic carbocycles. The van der Waals surface area contributed by atoms with Crippen LogP contribution in [-0.2, 0) is 5.75 Å². The van der Waals surface area contributed by atoms with E-state index in [0.29, 0.717) is 29.6 Å². The first kappa shape index (κ1) is 18.4. The fourth-order valence-corrected chi connectivity index (χ4v) is 4.09. The van der Waals surface area contributed by atoms with Crippen molar-refractivity contribution in [2.75, 3.05) is 13.1 Å². The molecule has 1 aliphatic heterocycles. The fraction of sp³-hybridized carbons (Fsp3) is 0.130. The second kappa shape index (κ2) is 8.40. The van der Waals surface area contributed by atoms with Crippen LogP contribution in [-0.4, -0.2) is 29.1 Å². The summed E-state index contributed by atoms with van der Waals surface area (Å²) in [6, 6.07) is 24.2. The van der Waals surface area contributed by atoms with Crippen molar-refractivity contribution in [3.63, 3.8) is 0 Å². The number of aliphatic imine (C=N–C) groups is 1. The number of hydrogen-bond donors (Lipinski definition) is 0. The minimum absolute atomic E-state index is 0.0531. The van der Waals surface area contributed by atoms with Gasteiger partial charge in [0.1, 0.15) is 5.82 Å². The average Bonchev–Trinajstić information content (AvgIpc) is 3.21. The Morgan fingerprint density at radius 2 is 1.71 bits per heavy atom. The first-order valence-corrected chi connectivity index (χ1v) is 10.1. The molecule has 3 aromatic rings. The van der Waals surface area contributed by atoms with Gasteiger partial charge in [-0.1, -0.05) is 66.4 Å². The van der Waals surface area contributed by atoms with Crippen molar-refractivity contribution in [2.24, 2.45) is 4.99 Å². The van der Waals surface area contributed by atoms with Crippen LogP contribution in [0.15, 0.2) is 83.9 Å². The molecule has 0 atom stereocenters. The average molecular weight is 390 g/mol. The molecule has 0 unspecified atom stereocenters.